The summed E-state index contributed by atoms with van der Waals surface area (Å²) >= 11 is 0. The fourth-order valence-corrected chi connectivity index (χ4v) is 4.19. The van der Waals surface area contributed by atoms with E-state index in [2.05, 4.69) is 78.5 Å². The summed E-state index contributed by atoms with van der Waals surface area (Å²) in [5.41, 5.74) is 7.15. The highest BCUT2D eigenvalue weighted by atomic mass is 16.2. The highest BCUT2D eigenvalue weighted by molar-refractivity contribution is 5.91. The van der Waals surface area contributed by atoms with Crippen LogP contribution in [0.15, 0.2) is 78.0 Å². The lowest BCUT2D eigenvalue weighted by molar-refractivity contribution is -0.121. The van der Waals surface area contributed by atoms with Crippen molar-refractivity contribution in [2.24, 2.45) is 0 Å². The molecule has 2 aromatic rings. The number of urea groups is 1. The quantitative estimate of drug-likeness (QED) is 0.274. The Kier molecular flexibility index (Phi) is 10.6. The van der Waals surface area contributed by atoms with Crippen LogP contribution in [0.3, 0.4) is 0 Å². The monoisotopic (exact) mass is 500 g/mol. The van der Waals surface area contributed by atoms with Crippen molar-refractivity contribution in [1.82, 2.24) is 10.6 Å². The number of anilines is 2. The molecule has 0 bridgehead atoms. The SMILES string of the molecule is CC/C=C(/C)c1ccc(NCC(CC)NC(=O)Cc2ccc(NC(=O)NC3=C(C)CCC=C3)cc2)cc1. The van der Waals surface area contributed by atoms with Crippen LogP contribution in [0.2, 0.25) is 0 Å². The summed E-state index contributed by atoms with van der Waals surface area (Å²) in [6.07, 6.45) is 10.3. The van der Waals surface area contributed by atoms with E-state index in [0.29, 0.717) is 12.2 Å². The summed E-state index contributed by atoms with van der Waals surface area (Å²) in [7, 11) is 0. The summed E-state index contributed by atoms with van der Waals surface area (Å²) in [6, 6.07) is 15.5. The van der Waals surface area contributed by atoms with E-state index in [1.807, 2.05) is 37.3 Å². The van der Waals surface area contributed by atoms with Gasteiger partial charge in [0.2, 0.25) is 5.91 Å². The van der Waals surface area contributed by atoms with Gasteiger partial charge in [-0.25, -0.2) is 4.79 Å². The number of carbonyl (C=O) groups is 2. The zero-order valence-electron chi connectivity index (χ0n) is 22.5. The van der Waals surface area contributed by atoms with E-state index in [1.165, 1.54) is 16.7 Å². The summed E-state index contributed by atoms with van der Waals surface area (Å²) in [6.45, 7) is 9.03. The molecule has 2 aromatic carbocycles. The molecule has 6 heteroatoms. The minimum Gasteiger partial charge on any atom is -0.383 e. The van der Waals surface area contributed by atoms with Gasteiger partial charge in [0.1, 0.15) is 0 Å². The third-order valence-electron chi connectivity index (χ3n) is 6.52. The number of rotatable bonds is 11. The second-order valence-electron chi connectivity index (χ2n) is 9.51. The molecule has 1 atom stereocenters. The van der Waals surface area contributed by atoms with Gasteiger partial charge in [-0.1, -0.05) is 50.3 Å². The molecule has 37 heavy (non-hydrogen) atoms. The maximum Gasteiger partial charge on any atom is 0.323 e. The van der Waals surface area contributed by atoms with Crippen LogP contribution in [0.4, 0.5) is 16.2 Å². The predicted octanol–water partition coefficient (Wildman–Crippen LogP) is 6.79. The number of nitrogens with one attached hydrogen (secondary N) is 4. The van der Waals surface area contributed by atoms with Crippen LogP contribution in [-0.4, -0.2) is 24.5 Å². The molecule has 196 valence electrons. The van der Waals surface area contributed by atoms with E-state index >= 15 is 0 Å². The molecular weight excluding hydrogens is 460 g/mol. The Hall–Kier alpha value is -3.80. The van der Waals surface area contributed by atoms with Gasteiger partial charge in [-0.3, -0.25) is 4.79 Å². The lowest BCUT2D eigenvalue weighted by atomic mass is 10.0. The third-order valence-corrected chi connectivity index (χ3v) is 6.52. The van der Waals surface area contributed by atoms with Gasteiger partial charge in [-0.15, -0.1) is 0 Å². The first-order valence-corrected chi connectivity index (χ1v) is 13.2. The molecule has 1 aliphatic carbocycles. The van der Waals surface area contributed by atoms with Gasteiger partial charge in [-0.05, 0) is 92.1 Å². The Bertz CT molecular complexity index is 1140. The molecule has 0 saturated carbocycles. The molecule has 0 fully saturated rings. The smallest absolute Gasteiger partial charge is 0.323 e. The van der Waals surface area contributed by atoms with Crippen LogP contribution in [-0.2, 0) is 11.2 Å². The minimum absolute atomic E-state index is 0.0192. The molecule has 0 aliphatic heterocycles. The number of carbonyl (C=O) groups excluding carboxylic acids is 2. The van der Waals surface area contributed by atoms with E-state index in [-0.39, 0.29) is 24.4 Å². The lowest BCUT2D eigenvalue weighted by Gasteiger charge is -2.19. The average molecular weight is 501 g/mol. The topological polar surface area (TPSA) is 82.3 Å². The van der Waals surface area contributed by atoms with Crippen LogP contribution >= 0.6 is 0 Å². The summed E-state index contributed by atoms with van der Waals surface area (Å²) in [5, 5.41) is 12.3. The maximum atomic E-state index is 12.7. The summed E-state index contributed by atoms with van der Waals surface area (Å²) in [4.78, 5) is 25.0. The fraction of sp³-hybridized carbons (Fsp3) is 0.355. The van der Waals surface area contributed by atoms with Crippen LogP contribution in [0.1, 0.15) is 64.5 Å². The highest BCUT2D eigenvalue weighted by Crippen LogP contribution is 2.18. The van der Waals surface area contributed by atoms with E-state index in [1.54, 1.807) is 0 Å². The van der Waals surface area contributed by atoms with E-state index in [4.69, 9.17) is 0 Å². The van der Waals surface area contributed by atoms with Crippen molar-refractivity contribution in [3.8, 4) is 0 Å². The van der Waals surface area contributed by atoms with E-state index in [0.717, 1.165) is 42.6 Å². The normalized spacial score (nSPS) is 14.2. The second kappa shape index (κ2) is 14.1. The zero-order chi connectivity index (χ0) is 26.6. The molecule has 3 rings (SSSR count). The molecule has 4 N–H and O–H groups in total. The molecule has 0 spiro atoms. The number of hydrogen-bond acceptors (Lipinski definition) is 3. The Balaban J connectivity index is 1.44. The van der Waals surface area contributed by atoms with Crippen LogP contribution in [0, 0.1) is 0 Å². The highest BCUT2D eigenvalue weighted by Gasteiger charge is 2.12. The fourth-order valence-electron chi connectivity index (χ4n) is 4.19. The van der Waals surface area contributed by atoms with E-state index in [9.17, 15) is 9.59 Å². The third kappa shape index (κ3) is 8.98. The number of benzene rings is 2. The largest absolute Gasteiger partial charge is 0.383 e. The van der Waals surface area contributed by atoms with E-state index < -0.39 is 0 Å². The van der Waals surface area contributed by atoms with Crippen molar-refractivity contribution >= 4 is 28.9 Å². The summed E-state index contributed by atoms with van der Waals surface area (Å²) < 4.78 is 0. The molecular formula is C31H40N4O2. The van der Waals surface area contributed by atoms with Gasteiger partial charge in [-0.2, -0.15) is 0 Å². The molecule has 0 saturated heterocycles. The van der Waals surface area contributed by atoms with Gasteiger partial charge in [0.25, 0.3) is 0 Å². The van der Waals surface area contributed by atoms with Crippen molar-refractivity contribution in [1.29, 1.82) is 0 Å². The van der Waals surface area contributed by atoms with Gasteiger partial charge < -0.3 is 21.3 Å². The average Bonchev–Trinajstić information content (AvgIpc) is 2.89. The Morgan fingerprint density at radius 3 is 2.32 bits per heavy atom. The standard InChI is InChI=1S/C31H40N4O2/c1-5-9-22(3)25-14-18-27(19-15-25)32-21-26(6-2)33-30(36)20-24-12-16-28(17-13-24)34-31(37)35-29-11-8-7-10-23(29)4/h8-9,11-19,26,32H,5-7,10,20-21H2,1-4H3,(H,33,36)(H2,34,35,37)/b22-9-. The van der Waals surface area contributed by atoms with Crippen LogP contribution < -0.4 is 21.3 Å². The van der Waals surface area contributed by atoms with Crippen LogP contribution in [0.25, 0.3) is 5.57 Å². The number of hydrogen-bond donors (Lipinski definition) is 4. The Morgan fingerprint density at radius 2 is 1.68 bits per heavy atom. The molecule has 3 amide bonds. The summed E-state index contributed by atoms with van der Waals surface area (Å²) in [5.74, 6) is -0.0192. The zero-order valence-corrected chi connectivity index (χ0v) is 22.5. The van der Waals surface area contributed by atoms with Gasteiger partial charge in [0.05, 0.1) is 6.42 Å². The van der Waals surface area contributed by atoms with Gasteiger partial charge >= 0.3 is 6.03 Å². The minimum atomic E-state index is -0.271. The molecule has 1 aliphatic rings. The number of amides is 3. The van der Waals surface area contributed by atoms with Crippen molar-refractivity contribution in [2.75, 3.05) is 17.2 Å². The second-order valence-corrected chi connectivity index (χ2v) is 9.51. The Labute approximate surface area is 221 Å². The first-order chi connectivity index (χ1) is 17.9. The number of allylic oxidation sites excluding steroid dienone is 5. The van der Waals surface area contributed by atoms with Crippen molar-refractivity contribution in [2.45, 2.75) is 65.8 Å². The molecule has 6 nitrogen and oxygen atoms in total. The molecule has 1 unspecified atom stereocenters. The van der Waals surface area contributed by atoms with Gasteiger partial charge in [0, 0.05) is 29.7 Å². The molecule has 0 radical (unpaired) electrons. The van der Waals surface area contributed by atoms with Crippen LogP contribution in [0.5, 0.6) is 0 Å². The van der Waals surface area contributed by atoms with Gasteiger partial charge in [0.15, 0.2) is 0 Å². The van der Waals surface area contributed by atoms with Crippen molar-refractivity contribution < 1.29 is 9.59 Å². The first-order valence-electron chi connectivity index (χ1n) is 13.2. The van der Waals surface area contributed by atoms with Crippen molar-refractivity contribution in [3.63, 3.8) is 0 Å². The lowest BCUT2D eigenvalue weighted by Crippen LogP contribution is -2.40. The predicted molar refractivity (Wildman–Crippen MR) is 154 cm³/mol. The first kappa shape index (κ1) is 27.8. The van der Waals surface area contributed by atoms with Crippen molar-refractivity contribution in [3.05, 3.63) is 89.2 Å². The molecule has 0 heterocycles. The Morgan fingerprint density at radius 1 is 0.973 bits per heavy atom. The maximum absolute atomic E-state index is 12.7. The molecule has 0 aromatic heterocycles.